The van der Waals surface area contributed by atoms with Crippen molar-refractivity contribution in [3.8, 4) is 0 Å². The molecule has 4 rings (SSSR count). The fourth-order valence-corrected chi connectivity index (χ4v) is 5.15. The van der Waals surface area contributed by atoms with Crippen molar-refractivity contribution in [2.45, 2.75) is 66.2 Å². The number of rotatable bonds is 2. The Balaban J connectivity index is 2.00. The molecule has 0 atom stereocenters. The lowest BCUT2D eigenvalue weighted by molar-refractivity contribution is -0.175. The minimum atomic E-state index is -0.460. The Morgan fingerprint density at radius 2 is 1.33 bits per heavy atom. The van der Waals surface area contributed by atoms with Gasteiger partial charge in [0.1, 0.15) is 0 Å². The Morgan fingerprint density at radius 3 is 1.77 bits per heavy atom. The normalized spacial score (nSPS) is 23.3. The van der Waals surface area contributed by atoms with Crippen LogP contribution in [0.5, 0.6) is 0 Å². The molecule has 0 spiro atoms. The number of carbonyl (C=O) groups is 3. The number of ketones is 2. The van der Waals surface area contributed by atoms with E-state index in [9.17, 15) is 14.4 Å². The highest BCUT2D eigenvalue weighted by Crippen LogP contribution is 2.54. The number of carbonyl (C=O) groups excluding carboxylic acids is 3. The van der Waals surface area contributed by atoms with Crippen molar-refractivity contribution in [1.82, 2.24) is 5.06 Å². The van der Waals surface area contributed by atoms with E-state index >= 15 is 0 Å². The van der Waals surface area contributed by atoms with Crippen molar-refractivity contribution in [3.63, 3.8) is 0 Å². The molecule has 0 N–H and O–H groups in total. The standard InChI is InChI=1S/C25H29NO4/c1-15(27)30-26-17-11-24(2,3)13-19(28)22(17)21(16-9-7-6-8-10-16)23-18(26)12-25(4,5)14-20(23)29/h6-10,21H,11-14H2,1-5H3. The molecule has 1 aliphatic heterocycles. The quantitative estimate of drug-likeness (QED) is 0.701. The van der Waals surface area contributed by atoms with Crippen LogP contribution >= 0.6 is 0 Å². The van der Waals surface area contributed by atoms with E-state index < -0.39 is 11.9 Å². The van der Waals surface area contributed by atoms with Gasteiger partial charge in [-0.2, -0.15) is 5.06 Å². The van der Waals surface area contributed by atoms with Crippen LogP contribution < -0.4 is 0 Å². The van der Waals surface area contributed by atoms with Gasteiger partial charge in [0.05, 0.1) is 11.4 Å². The molecule has 1 aromatic rings. The first-order valence-corrected chi connectivity index (χ1v) is 10.6. The molecule has 0 saturated carbocycles. The Morgan fingerprint density at radius 1 is 0.867 bits per heavy atom. The number of benzene rings is 1. The summed E-state index contributed by atoms with van der Waals surface area (Å²) in [5.41, 5.74) is 3.10. The molecule has 5 nitrogen and oxygen atoms in total. The third-order valence-corrected chi connectivity index (χ3v) is 6.21. The van der Waals surface area contributed by atoms with Crippen LogP contribution in [0.3, 0.4) is 0 Å². The van der Waals surface area contributed by atoms with Crippen LogP contribution in [-0.4, -0.2) is 22.6 Å². The SMILES string of the molecule is CC(=O)ON1C2=C(C(=O)CC(C)(C)C2)C(c2ccccc2)C2=C1CC(C)(C)CC2=O. The third-order valence-electron chi connectivity index (χ3n) is 6.21. The topological polar surface area (TPSA) is 63.7 Å². The summed E-state index contributed by atoms with van der Waals surface area (Å²) in [6.45, 7) is 9.57. The molecular formula is C25H29NO4. The molecule has 2 aliphatic carbocycles. The summed E-state index contributed by atoms with van der Waals surface area (Å²) in [7, 11) is 0. The first-order valence-electron chi connectivity index (χ1n) is 10.6. The van der Waals surface area contributed by atoms with E-state index in [1.807, 2.05) is 30.3 Å². The lowest BCUT2D eigenvalue weighted by Gasteiger charge is -2.47. The maximum absolute atomic E-state index is 13.4. The molecule has 0 radical (unpaired) electrons. The smallest absolute Gasteiger partial charge is 0.329 e. The second-order valence-electron chi connectivity index (χ2n) is 10.3. The molecule has 158 valence electrons. The van der Waals surface area contributed by atoms with Gasteiger partial charge < -0.3 is 4.84 Å². The first kappa shape index (κ1) is 20.6. The van der Waals surface area contributed by atoms with Crippen LogP contribution in [0.25, 0.3) is 0 Å². The highest BCUT2D eigenvalue weighted by molar-refractivity contribution is 6.06. The average Bonchev–Trinajstić information content (AvgIpc) is 2.61. The molecule has 0 bridgehead atoms. The fraction of sp³-hybridized carbons (Fsp3) is 0.480. The lowest BCUT2D eigenvalue weighted by atomic mass is 9.64. The van der Waals surface area contributed by atoms with Crippen molar-refractivity contribution in [2.75, 3.05) is 0 Å². The summed E-state index contributed by atoms with van der Waals surface area (Å²) < 4.78 is 0. The van der Waals surface area contributed by atoms with Crippen molar-refractivity contribution < 1.29 is 19.2 Å². The summed E-state index contributed by atoms with van der Waals surface area (Å²) in [6.07, 6.45) is 2.03. The largest absolute Gasteiger partial charge is 0.337 e. The number of nitrogens with zero attached hydrogens (tertiary/aromatic N) is 1. The fourth-order valence-electron chi connectivity index (χ4n) is 5.15. The predicted octanol–water partition coefficient (Wildman–Crippen LogP) is 4.85. The predicted molar refractivity (Wildman–Crippen MR) is 113 cm³/mol. The molecule has 5 heteroatoms. The van der Waals surface area contributed by atoms with E-state index in [1.165, 1.54) is 12.0 Å². The summed E-state index contributed by atoms with van der Waals surface area (Å²) in [6, 6.07) is 9.74. The molecule has 3 aliphatic rings. The molecular weight excluding hydrogens is 378 g/mol. The molecule has 0 saturated heterocycles. The van der Waals surface area contributed by atoms with Gasteiger partial charge >= 0.3 is 5.97 Å². The van der Waals surface area contributed by atoms with Gasteiger partial charge in [0.2, 0.25) is 0 Å². The van der Waals surface area contributed by atoms with E-state index in [0.717, 1.165) is 17.0 Å². The van der Waals surface area contributed by atoms with Crippen molar-refractivity contribution in [1.29, 1.82) is 0 Å². The maximum Gasteiger partial charge on any atom is 0.329 e. The highest BCUT2D eigenvalue weighted by Gasteiger charge is 2.50. The van der Waals surface area contributed by atoms with Crippen LogP contribution in [0, 0.1) is 10.8 Å². The maximum atomic E-state index is 13.4. The highest BCUT2D eigenvalue weighted by atomic mass is 16.7. The van der Waals surface area contributed by atoms with Gasteiger partial charge in [-0.15, -0.1) is 0 Å². The molecule has 0 unspecified atom stereocenters. The van der Waals surface area contributed by atoms with Gasteiger partial charge in [-0.25, -0.2) is 4.79 Å². The molecule has 0 amide bonds. The van der Waals surface area contributed by atoms with Crippen LogP contribution in [0.15, 0.2) is 52.9 Å². The van der Waals surface area contributed by atoms with Gasteiger partial charge in [-0.05, 0) is 29.2 Å². The van der Waals surface area contributed by atoms with Crippen LogP contribution in [0.4, 0.5) is 0 Å². The van der Waals surface area contributed by atoms with Gasteiger partial charge in [-0.1, -0.05) is 58.0 Å². The zero-order valence-electron chi connectivity index (χ0n) is 18.4. The first-order chi connectivity index (χ1) is 14.0. The molecule has 0 fully saturated rings. The molecule has 1 aromatic carbocycles. The van der Waals surface area contributed by atoms with E-state index in [0.29, 0.717) is 36.8 Å². The zero-order chi connectivity index (χ0) is 21.8. The van der Waals surface area contributed by atoms with Crippen LogP contribution in [-0.2, 0) is 19.2 Å². The van der Waals surface area contributed by atoms with Crippen LogP contribution in [0.2, 0.25) is 0 Å². The Kier molecular flexibility index (Phi) is 4.75. The Bertz CT molecular complexity index is 943. The number of hydrogen-bond acceptors (Lipinski definition) is 5. The van der Waals surface area contributed by atoms with Crippen molar-refractivity contribution in [2.24, 2.45) is 10.8 Å². The Hall–Kier alpha value is -2.69. The average molecular weight is 408 g/mol. The van der Waals surface area contributed by atoms with E-state index in [-0.39, 0.29) is 22.4 Å². The molecule has 0 aromatic heterocycles. The zero-order valence-corrected chi connectivity index (χ0v) is 18.4. The number of allylic oxidation sites excluding steroid dienone is 4. The van der Waals surface area contributed by atoms with Gasteiger partial charge in [-0.3, -0.25) is 9.59 Å². The minimum Gasteiger partial charge on any atom is -0.337 e. The van der Waals surface area contributed by atoms with E-state index in [2.05, 4.69) is 27.7 Å². The van der Waals surface area contributed by atoms with Crippen molar-refractivity contribution in [3.05, 3.63) is 58.4 Å². The van der Waals surface area contributed by atoms with Gasteiger partial charge in [0.15, 0.2) is 11.6 Å². The summed E-state index contributed by atoms with van der Waals surface area (Å²) in [5.74, 6) is -0.818. The van der Waals surface area contributed by atoms with Gasteiger partial charge in [0, 0.05) is 36.8 Å². The van der Waals surface area contributed by atoms with Crippen molar-refractivity contribution >= 4 is 17.5 Å². The second kappa shape index (κ2) is 6.93. The minimum absolute atomic E-state index is 0.0245. The lowest BCUT2D eigenvalue weighted by Crippen LogP contribution is -2.44. The summed E-state index contributed by atoms with van der Waals surface area (Å²) in [5, 5.41) is 1.53. The molecule has 1 heterocycles. The summed E-state index contributed by atoms with van der Waals surface area (Å²) in [4.78, 5) is 44.5. The number of hydrogen-bond donors (Lipinski definition) is 0. The number of Topliss-reactive ketones (excluding diaryl/α,β-unsaturated/α-hetero) is 2. The van der Waals surface area contributed by atoms with Crippen LogP contribution in [0.1, 0.15) is 71.8 Å². The number of hydroxylamine groups is 2. The molecule has 30 heavy (non-hydrogen) atoms. The second-order valence-corrected chi connectivity index (χ2v) is 10.3. The van der Waals surface area contributed by atoms with E-state index in [4.69, 9.17) is 4.84 Å². The summed E-state index contributed by atoms with van der Waals surface area (Å²) >= 11 is 0. The Labute approximate surface area is 177 Å². The van der Waals surface area contributed by atoms with E-state index in [1.54, 1.807) is 0 Å². The van der Waals surface area contributed by atoms with Gasteiger partial charge in [0.25, 0.3) is 0 Å². The monoisotopic (exact) mass is 407 g/mol. The third kappa shape index (κ3) is 3.51.